The van der Waals surface area contributed by atoms with Crippen LogP contribution in [0.1, 0.15) is 11.7 Å². The number of carboxylic acids is 1. The fourth-order valence-corrected chi connectivity index (χ4v) is 1.57. The number of rotatable bonds is 4. The van der Waals surface area contributed by atoms with Gasteiger partial charge in [0.15, 0.2) is 0 Å². The second kappa shape index (κ2) is 4.21. The largest absolute Gasteiger partial charge is 0.481 e. The second-order valence-corrected chi connectivity index (χ2v) is 3.27. The molecule has 1 atom stereocenters. The van der Waals surface area contributed by atoms with Crippen LogP contribution in [0.4, 0.5) is 0 Å². The summed E-state index contributed by atoms with van der Waals surface area (Å²) in [5.74, 6) is -0.283. The van der Waals surface area contributed by atoms with Crippen molar-refractivity contribution in [1.82, 2.24) is 0 Å². The molecule has 0 fully saturated rings. The van der Waals surface area contributed by atoms with Crippen LogP contribution in [-0.4, -0.2) is 23.1 Å². The molecule has 0 radical (unpaired) electrons. The SMILES string of the molecule is CSCC(C(=O)O)c1ccco1. The fourth-order valence-electron chi connectivity index (χ4n) is 0.931. The summed E-state index contributed by atoms with van der Waals surface area (Å²) in [7, 11) is 0. The molecule has 12 heavy (non-hydrogen) atoms. The van der Waals surface area contributed by atoms with Gasteiger partial charge in [0.1, 0.15) is 11.7 Å². The lowest BCUT2D eigenvalue weighted by Crippen LogP contribution is -2.13. The summed E-state index contributed by atoms with van der Waals surface area (Å²) in [4.78, 5) is 10.7. The molecule has 0 amide bonds. The van der Waals surface area contributed by atoms with E-state index in [9.17, 15) is 4.79 Å². The molecule has 66 valence electrons. The van der Waals surface area contributed by atoms with Gasteiger partial charge in [-0.2, -0.15) is 11.8 Å². The lowest BCUT2D eigenvalue weighted by molar-refractivity contribution is -0.138. The molecule has 1 rings (SSSR count). The van der Waals surface area contributed by atoms with Crippen molar-refractivity contribution < 1.29 is 14.3 Å². The average Bonchev–Trinajstić information content (AvgIpc) is 2.51. The lowest BCUT2D eigenvalue weighted by atomic mass is 10.1. The van der Waals surface area contributed by atoms with Crippen molar-refractivity contribution in [1.29, 1.82) is 0 Å². The zero-order chi connectivity index (χ0) is 8.97. The first-order valence-corrected chi connectivity index (χ1v) is 4.90. The van der Waals surface area contributed by atoms with E-state index >= 15 is 0 Å². The van der Waals surface area contributed by atoms with Crippen molar-refractivity contribution in [2.24, 2.45) is 0 Å². The van der Waals surface area contributed by atoms with Gasteiger partial charge < -0.3 is 9.52 Å². The van der Waals surface area contributed by atoms with Gasteiger partial charge >= 0.3 is 5.97 Å². The fraction of sp³-hybridized carbons (Fsp3) is 0.375. The number of furan rings is 1. The first-order valence-electron chi connectivity index (χ1n) is 3.51. The molecule has 0 aromatic carbocycles. The molecule has 3 nitrogen and oxygen atoms in total. The highest BCUT2D eigenvalue weighted by atomic mass is 32.2. The minimum Gasteiger partial charge on any atom is -0.481 e. The third-order valence-electron chi connectivity index (χ3n) is 1.52. The summed E-state index contributed by atoms with van der Waals surface area (Å²) in [5, 5.41) is 8.80. The number of thioether (sulfide) groups is 1. The Morgan fingerprint density at radius 3 is 3.00 bits per heavy atom. The predicted octanol–water partition coefficient (Wildman–Crippen LogP) is 1.81. The van der Waals surface area contributed by atoms with Crippen molar-refractivity contribution in [3.63, 3.8) is 0 Å². The van der Waals surface area contributed by atoms with Crippen molar-refractivity contribution in [3.8, 4) is 0 Å². The predicted molar refractivity (Wildman–Crippen MR) is 47.5 cm³/mol. The maximum Gasteiger partial charge on any atom is 0.315 e. The van der Waals surface area contributed by atoms with Crippen LogP contribution < -0.4 is 0 Å². The number of carbonyl (C=O) groups is 1. The minimum atomic E-state index is -0.834. The molecule has 0 bridgehead atoms. The first-order chi connectivity index (χ1) is 5.75. The van der Waals surface area contributed by atoms with Gasteiger partial charge in [0.05, 0.1) is 6.26 Å². The van der Waals surface area contributed by atoms with Crippen LogP contribution in [0.15, 0.2) is 22.8 Å². The standard InChI is InChI=1S/C8H10O3S/c1-12-5-6(8(9)10)7-3-2-4-11-7/h2-4,6H,5H2,1H3,(H,9,10). The van der Waals surface area contributed by atoms with Gasteiger partial charge in [-0.25, -0.2) is 0 Å². The second-order valence-electron chi connectivity index (χ2n) is 2.36. The summed E-state index contributed by atoms with van der Waals surface area (Å²) < 4.78 is 5.02. The van der Waals surface area contributed by atoms with Crippen molar-refractivity contribution >= 4 is 17.7 Å². The van der Waals surface area contributed by atoms with Gasteiger partial charge in [-0.3, -0.25) is 4.79 Å². The van der Waals surface area contributed by atoms with Crippen LogP contribution in [0, 0.1) is 0 Å². The summed E-state index contributed by atoms with van der Waals surface area (Å²) in [6.07, 6.45) is 3.37. The third-order valence-corrected chi connectivity index (χ3v) is 2.18. The van der Waals surface area contributed by atoms with E-state index in [4.69, 9.17) is 9.52 Å². The summed E-state index contributed by atoms with van der Waals surface area (Å²) in [5.41, 5.74) is 0. The zero-order valence-electron chi connectivity index (χ0n) is 6.69. The van der Waals surface area contributed by atoms with Gasteiger partial charge in [0.25, 0.3) is 0 Å². The van der Waals surface area contributed by atoms with E-state index in [2.05, 4.69) is 0 Å². The molecule has 0 aliphatic carbocycles. The Balaban J connectivity index is 2.73. The first kappa shape index (κ1) is 9.19. The van der Waals surface area contributed by atoms with Gasteiger partial charge in [0, 0.05) is 5.75 Å². The van der Waals surface area contributed by atoms with Crippen molar-refractivity contribution in [3.05, 3.63) is 24.2 Å². The molecule has 4 heteroatoms. The Bertz CT molecular complexity index is 243. The van der Waals surface area contributed by atoms with E-state index in [1.807, 2.05) is 6.26 Å². The summed E-state index contributed by atoms with van der Waals surface area (Å²) in [6, 6.07) is 3.39. The highest BCUT2D eigenvalue weighted by Gasteiger charge is 2.21. The number of carboxylic acid groups (broad SMARTS) is 1. The topological polar surface area (TPSA) is 50.4 Å². The molecule has 0 saturated heterocycles. The maximum atomic E-state index is 10.7. The Hall–Kier alpha value is -0.900. The summed E-state index contributed by atoms with van der Waals surface area (Å²) in [6.45, 7) is 0. The van der Waals surface area contributed by atoms with Crippen LogP contribution in [0.2, 0.25) is 0 Å². The molecule has 1 aromatic rings. The van der Waals surface area contributed by atoms with E-state index in [1.54, 1.807) is 12.1 Å². The van der Waals surface area contributed by atoms with Crippen LogP contribution >= 0.6 is 11.8 Å². The van der Waals surface area contributed by atoms with Crippen LogP contribution in [0.25, 0.3) is 0 Å². The van der Waals surface area contributed by atoms with Gasteiger partial charge in [-0.05, 0) is 18.4 Å². The Kier molecular flexibility index (Phi) is 3.22. The van der Waals surface area contributed by atoms with Crippen LogP contribution in [0.5, 0.6) is 0 Å². The number of hydrogen-bond acceptors (Lipinski definition) is 3. The van der Waals surface area contributed by atoms with Crippen molar-refractivity contribution in [2.75, 3.05) is 12.0 Å². The van der Waals surface area contributed by atoms with Gasteiger partial charge in [0.2, 0.25) is 0 Å². The molecule has 1 unspecified atom stereocenters. The van der Waals surface area contributed by atoms with E-state index in [-0.39, 0.29) is 0 Å². The van der Waals surface area contributed by atoms with Gasteiger partial charge in [-0.15, -0.1) is 0 Å². The molecule has 1 aromatic heterocycles. The number of aliphatic carboxylic acids is 1. The van der Waals surface area contributed by atoms with Gasteiger partial charge in [-0.1, -0.05) is 0 Å². The molecular formula is C8H10O3S. The highest BCUT2D eigenvalue weighted by molar-refractivity contribution is 7.98. The van der Waals surface area contributed by atoms with E-state index in [0.29, 0.717) is 11.5 Å². The molecule has 0 saturated carbocycles. The quantitative estimate of drug-likeness (QED) is 0.779. The normalized spacial score (nSPS) is 12.8. The number of hydrogen-bond donors (Lipinski definition) is 1. The smallest absolute Gasteiger partial charge is 0.315 e. The molecule has 0 spiro atoms. The molecular weight excluding hydrogens is 176 g/mol. The van der Waals surface area contributed by atoms with E-state index in [0.717, 1.165) is 0 Å². The average molecular weight is 186 g/mol. The Morgan fingerprint density at radius 2 is 2.58 bits per heavy atom. The monoisotopic (exact) mass is 186 g/mol. The molecule has 0 aliphatic rings. The summed E-state index contributed by atoms with van der Waals surface area (Å²) >= 11 is 1.50. The molecule has 1 N–H and O–H groups in total. The minimum absolute atomic E-state index is 0.519. The Morgan fingerprint density at radius 1 is 1.83 bits per heavy atom. The molecule has 0 aliphatic heterocycles. The van der Waals surface area contributed by atoms with Crippen LogP contribution in [0.3, 0.4) is 0 Å². The highest BCUT2D eigenvalue weighted by Crippen LogP contribution is 2.20. The maximum absolute atomic E-state index is 10.7. The van der Waals surface area contributed by atoms with Crippen LogP contribution in [-0.2, 0) is 4.79 Å². The lowest BCUT2D eigenvalue weighted by Gasteiger charge is -2.06. The third kappa shape index (κ3) is 2.04. The van der Waals surface area contributed by atoms with Crippen molar-refractivity contribution in [2.45, 2.75) is 5.92 Å². The van der Waals surface area contributed by atoms with E-state index < -0.39 is 11.9 Å². The molecule has 1 heterocycles. The Labute approximate surface area is 74.8 Å². The van der Waals surface area contributed by atoms with E-state index in [1.165, 1.54) is 18.0 Å². The zero-order valence-corrected chi connectivity index (χ0v) is 7.50.